The van der Waals surface area contributed by atoms with Crippen LogP contribution in [0.15, 0.2) is 18.2 Å². The van der Waals surface area contributed by atoms with Gasteiger partial charge in [-0.05, 0) is 44.9 Å². The fourth-order valence-electron chi connectivity index (χ4n) is 3.48. The molecule has 1 fully saturated rings. The summed E-state index contributed by atoms with van der Waals surface area (Å²) in [5.41, 5.74) is 0.409. The van der Waals surface area contributed by atoms with Gasteiger partial charge in [0.1, 0.15) is 5.82 Å². The molecule has 0 bridgehead atoms. The number of hydrogen-bond acceptors (Lipinski definition) is 2. The largest absolute Gasteiger partial charge is 0.374 e. The third-order valence-electron chi connectivity index (χ3n) is 4.44. The van der Waals surface area contributed by atoms with Crippen LogP contribution in [0.5, 0.6) is 0 Å². The maximum atomic E-state index is 14.1. The van der Waals surface area contributed by atoms with E-state index in [2.05, 4.69) is 12.2 Å². The third-order valence-corrected chi connectivity index (χ3v) is 4.79. The number of halogens is 2. The highest BCUT2D eigenvalue weighted by atomic mass is 35.5. The fourth-order valence-corrected chi connectivity index (χ4v) is 3.72. The molecule has 0 heterocycles. The Labute approximate surface area is 132 Å². The van der Waals surface area contributed by atoms with Crippen molar-refractivity contribution in [1.82, 2.24) is 5.32 Å². The van der Waals surface area contributed by atoms with Crippen molar-refractivity contribution in [1.29, 1.82) is 0 Å². The van der Waals surface area contributed by atoms with E-state index in [1.807, 2.05) is 6.92 Å². The molecule has 0 radical (unpaired) electrons. The van der Waals surface area contributed by atoms with Gasteiger partial charge in [-0.1, -0.05) is 37.4 Å². The smallest absolute Gasteiger partial charge is 0.127 e. The van der Waals surface area contributed by atoms with E-state index in [0.717, 1.165) is 19.4 Å². The summed E-state index contributed by atoms with van der Waals surface area (Å²) in [7, 11) is 0. The van der Waals surface area contributed by atoms with E-state index in [9.17, 15) is 4.39 Å². The van der Waals surface area contributed by atoms with Crippen LogP contribution in [0.25, 0.3) is 0 Å². The van der Waals surface area contributed by atoms with Gasteiger partial charge in [-0.2, -0.15) is 0 Å². The lowest BCUT2D eigenvalue weighted by Crippen LogP contribution is -2.52. The first kappa shape index (κ1) is 16.7. The Morgan fingerprint density at radius 2 is 2.05 bits per heavy atom. The van der Waals surface area contributed by atoms with E-state index in [-0.39, 0.29) is 17.5 Å². The minimum Gasteiger partial charge on any atom is -0.374 e. The van der Waals surface area contributed by atoms with Gasteiger partial charge in [-0.3, -0.25) is 0 Å². The molecule has 2 nitrogen and oxygen atoms in total. The second-order valence-electron chi connectivity index (χ2n) is 5.72. The van der Waals surface area contributed by atoms with Gasteiger partial charge in [0.05, 0.1) is 5.60 Å². The van der Waals surface area contributed by atoms with Crippen molar-refractivity contribution in [2.75, 3.05) is 13.2 Å². The van der Waals surface area contributed by atoms with Crippen molar-refractivity contribution in [2.45, 2.75) is 57.6 Å². The van der Waals surface area contributed by atoms with Gasteiger partial charge < -0.3 is 10.1 Å². The average molecular weight is 314 g/mol. The zero-order valence-electron chi connectivity index (χ0n) is 12.9. The van der Waals surface area contributed by atoms with Crippen LogP contribution in [0.3, 0.4) is 0 Å². The normalized spacial score (nSPS) is 18.9. The van der Waals surface area contributed by atoms with Crippen LogP contribution < -0.4 is 5.32 Å². The second kappa shape index (κ2) is 7.57. The quantitative estimate of drug-likeness (QED) is 0.808. The minimum atomic E-state index is -0.227. The number of hydrogen-bond donors (Lipinski definition) is 1. The maximum Gasteiger partial charge on any atom is 0.127 e. The SMILES string of the molecule is CCNC(Cc1c(F)cccc1Cl)C1(OCC)CCCC1. The van der Waals surface area contributed by atoms with Crippen molar-refractivity contribution in [3.8, 4) is 0 Å². The Morgan fingerprint density at radius 3 is 2.62 bits per heavy atom. The van der Waals surface area contributed by atoms with E-state index in [1.54, 1.807) is 12.1 Å². The molecule has 1 aliphatic rings. The number of benzene rings is 1. The maximum absolute atomic E-state index is 14.1. The van der Waals surface area contributed by atoms with Crippen LogP contribution in [0, 0.1) is 5.82 Å². The summed E-state index contributed by atoms with van der Waals surface area (Å²) < 4.78 is 20.2. The standard InChI is InChI=1S/C17H25ClFNO/c1-3-20-16(17(21-4-2)10-5-6-11-17)12-13-14(18)8-7-9-15(13)19/h7-9,16,20H,3-6,10-12H2,1-2H3. The molecule has 4 heteroatoms. The molecule has 21 heavy (non-hydrogen) atoms. The third kappa shape index (κ3) is 3.77. The van der Waals surface area contributed by atoms with E-state index < -0.39 is 0 Å². The molecule has 2 rings (SSSR count). The lowest BCUT2D eigenvalue weighted by molar-refractivity contribution is -0.0610. The summed E-state index contributed by atoms with van der Waals surface area (Å²) in [6, 6.07) is 4.98. The Bertz CT molecular complexity index is 440. The highest BCUT2D eigenvalue weighted by Gasteiger charge is 2.42. The molecule has 0 aromatic heterocycles. The van der Waals surface area contributed by atoms with E-state index in [0.29, 0.717) is 23.6 Å². The zero-order chi connectivity index (χ0) is 15.3. The van der Waals surface area contributed by atoms with E-state index in [1.165, 1.54) is 18.9 Å². The summed E-state index contributed by atoms with van der Waals surface area (Å²) in [6.07, 6.45) is 4.98. The van der Waals surface area contributed by atoms with Gasteiger partial charge in [0.25, 0.3) is 0 Å². The minimum absolute atomic E-state index is 0.0966. The Kier molecular flexibility index (Phi) is 6.03. The first-order chi connectivity index (χ1) is 10.1. The summed E-state index contributed by atoms with van der Waals surface area (Å²) in [4.78, 5) is 0. The molecule has 1 aromatic rings. The Hall–Kier alpha value is -0.640. The van der Waals surface area contributed by atoms with Gasteiger partial charge in [-0.25, -0.2) is 4.39 Å². The fraction of sp³-hybridized carbons (Fsp3) is 0.647. The summed E-state index contributed by atoms with van der Waals surface area (Å²) in [6.45, 7) is 5.63. The Balaban J connectivity index is 2.26. The number of rotatable bonds is 7. The molecule has 0 amide bonds. The van der Waals surface area contributed by atoms with Crippen molar-refractivity contribution in [3.05, 3.63) is 34.6 Å². The second-order valence-corrected chi connectivity index (χ2v) is 6.13. The Morgan fingerprint density at radius 1 is 1.33 bits per heavy atom. The molecule has 0 aliphatic heterocycles. The summed E-state index contributed by atoms with van der Waals surface area (Å²) >= 11 is 6.19. The van der Waals surface area contributed by atoms with Crippen LogP contribution in [-0.4, -0.2) is 24.8 Å². The topological polar surface area (TPSA) is 21.3 Å². The molecule has 1 saturated carbocycles. The van der Waals surface area contributed by atoms with Gasteiger partial charge in [-0.15, -0.1) is 0 Å². The molecule has 1 unspecified atom stereocenters. The predicted molar refractivity (Wildman–Crippen MR) is 85.4 cm³/mol. The van der Waals surface area contributed by atoms with E-state index in [4.69, 9.17) is 16.3 Å². The lowest BCUT2D eigenvalue weighted by Gasteiger charge is -2.38. The number of nitrogens with one attached hydrogen (secondary N) is 1. The summed E-state index contributed by atoms with van der Waals surface area (Å²) in [5, 5.41) is 4.01. The summed E-state index contributed by atoms with van der Waals surface area (Å²) in [5.74, 6) is -0.227. The molecule has 0 saturated heterocycles. The van der Waals surface area contributed by atoms with Crippen LogP contribution in [0.4, 0.5) is 4.39 Å². The molecular formula is C17H25ClFNO. The molecular weight excluding hydrogens is 289 g/mol. The first-order valence-corrected chi connectivity index (χ1v) is 8.31. The first-order valence-electron chi connectivity index (χ1n) is 7.93. The zero-order valence-corrected chi connectivity index (χ0v) is 13.7. The highest BCUT2D eigenvalue weighted by Crippen LogP contribution is 2.38. The number of likely N-dealkylation sites (N-methyl/N-ethyl adjacent to an activating group) is 1. The van der Waals surface area contributed by atoms with Crippen molar-refractivity contribution < 1.29 is 9.13 Å². The van der Waals surface area contributed by atoms with Crippen molar-refractivity contribution in [3.63, 3.8) is 0 Å². The average Bonchev–Trinajstić information content (AvgIpc) is 2.92. The van der Waals surface area contributed by atoms with Gasteiger partial charge in [0, 0.05) is 23.2 Å². The van der Waals surface area contributed by atoms with Crippen LogP contribution in [-0.2, 0) is 11.2 Å². The molecule has 118 valence electrons. The van der Waals surface area contributed by atoms with Crippen LogP contribution in [0.1, 0.15) is 45.1 Å². The van der Waals surface area contributed by atoms with Gasteiger partial charge in [0.2, 0.25) is 0 Å². The molecule has 1 atom stereocenters. The number of ether oxygens (including phenoxy) is 1. The van der Waals surface area contributed by atoms with Gasteiger partial charge in [0.15, 0.2) is 0 Å². The van der Waals surface area contributed by atoms with Crippen LogP contribution >= 0.6 is 11.6 Å². The molecule has 0 spiro atoms. The van der Waals surface area contributed by atoms with Crippen molar-refractivity contribution in [2.24, 2.45) is 0 Å². The molecule has 1 N–H and O–H groups in total. The highest BCUT2D eigenvalue weighted by molar-refractivity contribution is 6.31. The van der Waals surface area contributed by atoms with Crippen molar-refractivity contribution >= 4 is 11.6 Å². The molecule has 1 aromatic carbocycles. The molecule has 1 aliphatic carbocycles. The predicted octanol–water partition coefficient (Wildman–Crippen LogP) is 4.35. The lowest BCUT2D eigenvalue weighted by atomic mass is 9.87. The van der Waals surface area contributed by atoms with E-state index >= 15 is 0 Å². The monoisotopic (exact) mass is 313 g/mol. The van der Waals surface area contributed by atoms with Crippen LogP contribution in [0.2, 0.25) is 5.02 Å². The van der Waals surface area contributed by atoms with Gasteiger partial charge >= 0.3 is 0 Å².